The molecule has 0 aliphatic carbocycles. The number of benzene rings is 2. The number of aromatic nitrogens is 3. The van der Waals surface area contributed by atoms with Crippen LogP contribution in [0.25, 0.3) is 22.2 Å². The topological polar surface area (TPSA) is 102 Å². The smallest absolute Gasteiger partial charge is 0.247 e. The minimum Gasteiger partial charge on any atom is -0.490 e. The molecule has 2 aromatic heterocycles. The van der Waals surface area contributed by atoms with Gasteiger partial charge < -0.3 is 20.1 Å². The molecule has 0 atom stereocenters. The second-order valence-electron chi connectivity index (χ2n) is 8.74. The molecule has 0 unspecified atom stereocenters. The molecule has 1 saturated heterocycles. The van der Waals surface area contributed by atoms with Crippen molar-refractivity contribution in [1.82, 2.24) is 19.9 Å². The van der Waals surface area contributed by atoms with Crippen molar-refractivity contribution in [1.29, 1.82) is 0 Å². The number of carbonyl (C=O) groups excluding carboxylic acids is 1. The summed E-state index contributed by atoms with van der Waals surface area (Å²) in [6.07, 6.45) is 4.01. The fourth-order valence-electron chi connectivity index (χ4n) is 4.22. The first-order valence-electron chi connectivity index (χ1n) is 12.3. The van der Waals surface area contributed by atoms with Gasteiger partial charge in [0.2, 0.25) is 5.91 Å². The van der Waals surface area contributed by atoms with E-state index >= 15 is 0 Å². The van der Waals surface area contributed by atoms with Crippen molar-refractivity contribution in [2.45, 2.75) is 0 Å². The van der Waals surface area contributed by atoms with Crippen LogP contribution in [0.1, 0.15) is 0 Å². The van der Waals surface area contributed by atoms with Crippen molar-refractivity contribution < 1.29 is 23.0 Å². The normalized spacial score (nSPS) is 13.7. The van der Waals surface area contributed by atoms with Gasteiger partial charge in [-0.3, -0.25) is 14.7 Å². The maximum Gasteiger partial charge on any atom is 0.247 e. The molecule has 0 radical (unpaired) electrons. The Morgan fingerprint density at radius 3 is 2.67 bits per heavy atom. The van der Waals surface area contributed by atoms with Gasteiger partial charge in [0, 0.05) is 43.0 Å². The average molecular weight is 533 g/mol. The zero-order chi connectivity index (χ0) is 27.2. The van der Waals surface area contributed by atoms with Gasteiger partial charge in [0.1, 0.15) is 36.1 Å². The van der Waals surface area contributed by atoms with Gasteiger partial charge in [-0.2, -0.15) is 0 Å². The molecule has 9 nitrogen and oxygen atoms in total. The fourth-order valence-corrected chi connectivity index (χ4v) is 4.22. The molecule has 0 spiro atoms. The summed E-state index contributed by atoms with van der Waals surface area (Å²) in [4.78, 5) is 27.3. The molecule has 1 fully saturated rings. The molecule has 0 saturated carbocycles. The maximum absolute atomic E-state index is 14.3. The SMILES string of the molecule is C=CC(=O)Nc1cc2c(Nc3ccnc(-c4c(F)cccc4F)c3)ncnc2cc1OCCN1CCOCC1. The number of amides is 1. The molecular weight excluding hydrogens is 506 g/mol. The van der Waals surface area contributed by atoms with E-state index in [0.29, 0.717) is 60.2 Å². The molecule has 2 N–H and O–H groups in total. The standard InChI is InChI=1S/C28H26F2N6O3/c1-2-26(37)35-23-15-19-22(16-25(23)39-13-10-36-8-11-38-12-9-36)32-17-33-28(19)34-18-6-7-31-24(14-18)27-20(29)4-3-5-21(27)30/h2-7,14-17H,1,8-13H2,(H,35,37)(H,31,32,33,34). The summed E-state index contributed by atoms with van der Waals surface area (Å²) in [7, 11) is 0. The lowest BCUT2D eigenvalue weighted by Crippen LogP contribution is -2.38. The van der Waals surface area contributed by atoms with Crippen LogP contribution in [-0.4, -0.2) is 65.2 Å². The van der Waals surface area contributed by atoms with E-state index in [1.165, 1.54) is 42.9 Å². The first-order chi connectivity index (χ1) is 19.0. The van der Waals surface area contributed by atoms with Crippen LogP contribution in [0.2, 0.25) is 0 Å². The second kappa shape index (κ2) is 11.9. The second-order valence-corrected chi connectivity index (χ2v) is 8.74. The van der Waals surface area contributed by atoms with Crippen molar-refractivity contribution in [3.05, 3.63) is 79.3 Å². The molecule has 4 aromatic rings. The van der Waals surface area contributed by atoms with Gasteiger partial charge in [0.05, 0.1) is 35.7 Å². The number of nitrogens with one attached hydrogen (secondary N) is 2. The molecule has 1 aliphatic heterocycles. The van der Waals surface area contributed by atoms with E-state index < -0.39 is 17.5 Å². The Labute approximate surface area is 223 Å². The number of nitrogens with zero attached hydrogens (tertiary/aromatic N) is 4. The summed E-state index contributed by atoms with van der Waals surface area (Å²) in [5.41, 5.74) is 1.41. The predicted octanol–water partition coefficient (Wildman–Crippen LogP) is 4.55. The third-order valence-corrected chi connectivity index (χ3v) is 6.19. The van der Waals surface area contributed by atoms with E-state index in [1.807, 2.05) is 0 Å². The molecule has 2 aromatic carbocycles. The molecular formula is C28H26F2N6O3. The van der Waals surface area contributed by atoms with Crippen LogP contribution in [0.5, 0.6) is 5.75 Å². The van der Waals surface area contributed by atoms with Crippen molar-refractivity contribution >= 4 is 34.0 Å². The first-order valence-corrected chi connectivity index (χ1v) is 12.3. The maximum atomic E-state index is 14.3. The van der Waals surface area contributed by atoms with Crippen molar-refractivity contribution in [2.24, 2.45) is 0 Å². The van der Waals surface area contributed by atoms with Crippen LogP contribution in [0, 0.1) is 11.6 Å². The number of hydrogen-bond acceptors (Lipinski definition) is 8. The van der Waals surface area contributed by atoms with Gasteiger partial charge in [-0.25, -0.2) is 18.7 Å². The monoisotopic (exact) mass is 532 g/mol. The van der Waals surface area contributed by atoms with E-state index in [4.69, 9.17) is 9.47 Å². The van der Waals surface area contributed by atoms with Crippen molar-refractivity contribution in [2.75, 3.05) is 50.1 Å². The lowest BCUT2D eigenvalue weighted by Gasteiger charge is -2.26. The molecule has 11 heteroatoms. The molecule has 5 rings (SSSR count). The number of morpholine rings is 1. The van der Waals surface area contributed by atoms with E-state index in [-0.39, 0.29) is 11.3 Å². The molecule has 0 bridgehead atoms. The summed E-state index contributed by atoms with van der Waals surface area (Å²) in [6, 6.07) is 10.3. The Balaban J connectivity index is 1.44. The minimum absolute atomic E-state index is 0.129. The van der Waals surface area contributed by atoms with Gasteiger partial charge in [-0.15, -0.1) is 0 Å². The highest BCUT2D eigenvalue weighted by molar-refractivity contribution is 6.03. The van der Waals surface area contributed by atoms with E-state index in [1.54, 1.807) is 18.2 Å². The number of ether oxygens (including phenoxy) is 2. The van der Waals surface area contributed by atoms with E-state index in [0.717, 1.165) is 13.1 Å². The van der Waals surface area contributed by atoms with Crippen molar-refractivity contribution in [3.8, 4) is 17.0 Å². The predicted molar refractivity (Wildman–Crippen MR) is 144 cm³/mol. The molecule has 3 heterocycles. The van der Waals surface area contributed by atoms with Crippen LogP contribution in [-0.2, 0) is 9.53 Å². The number of rotatable bonds is 9. The highest BCUT2D eigenvalue weighted by atomic mass is 19.1. The van der Waals surface area contributed by atoms with Crippen LogP contribution in [0.3, 0.4) is 0 Å². The number of carbonyl (C=O) groups is 1. The largest absolute Gasteiger partial charge is 0.490 e. The van der Waals surface area contributed by atoms with E-state index in [9.17, 15) is 13.6 Å². The third-order valence-electron chi connectivity index (χ3n) is 6.19. The zero-order valence-electron chi connectivity index (χ0n) is 21.0. The van der Waals surface area contributed by atoms with Crippen LogP contribution >= 0.6 is 0 Å². The van der Waals surface area contributed by atoms with E-state index in [2.05, 4.69) is 37.1 Å². The quantitative estimate of drug-likeness (QED) is 0.303. The molecule has 39 heavy (non-hydrogen) atoms. The van der Waals surface area contributed by atoms with Gasteiger partial charge in [0.25, 0.3) is 0 Å². The number of hydrogen-bond donors (Lipinski definition) is 2. The number of fused-ring (bicyclic) bond motifs is 1. The Morgan fingerprint density at radius 2 is 1.90 bits per heavy atom. The van der Waals surface area contributed by atoms with Crippen LogP contribution in [0.15, 0.2) is 67.6 Å². The fraction of sp³-hybridized carbons (Fsp3) is 0.214. The van der Waals surface area contributed by atoms with Crippen LogP contribution in [0.4, 0.5) is 26.0 Å². The third kappa shape index (κ3) is 6.16. The van der Waals surface area contributed by atoms with Crippen molar-refractivity contribution in [3.63, 3.8) is 0 Å². The highest BCUT2D eigenvalue weighted by Crippen LogP contribution is 2.34. The summed E-state index contributed by atoms with van der Waals surface area (Å²) in [5, 5.41) is 6.54. The number of pyridine rings is 1. The van der Waals surface area contributed by atoms with Crippen LogP contribution < -0.4 is 15.4 Å². The molecule has 1 amide bonds. The summed E-state index contributed by atoms with van der Waals surface area (Å²) in [5.74, 6) is -0.951. The Morgan fingerprint density at radius 1 is 1.10 bits per heavy atom. The van der Waals surface area contributed by atoms with Gasteiger partial charge >= 0.3 is 0 Å². The Bertz CT molecular complexity index is 1490. The number of halogens is 2. The Kier molecular flexibility index (Phi) is 7.99. The molecule has 200 valence electrons. The van der Waals surface area contributed by atoms with Gasteiger partial charge in [-0.1, -0.05) is 12.6 Å². The van der Waals surface area contributed by atoms with Gasteiger partial charge in [0.15, 0.2) is 0 Å². The summed E-state index contributed by atoms with van der Waals surface area (Å²) >= 11 is 0. The molecule has 1 aliphatic rings. The lowest BCUT2D eigenvalue weighted by atomic mass is 10.1. The summed E-state index contributed by atoms with van der Waals surface area (Å²) in [6.45, 7) is 7.70. The highest BCUT2D eigenvalue weighted by Gasteiger charge is 2.16. The van der Waals surface area contributed by atoms with Gasteiger partial charge in [-0.05, 0) is 36.4 Å². The zero-order valence-corrected chi connectivity index (χ0v) is 21.0. The average Bonchev–Trinajstić information content (AvgIpc) is 2.94. The first kappa shape index (κ1) is 26.1. The Hall–Kier alpha value is -4.48. The lowest BCUT2D eigenvalue weighted by molar-refractivity contribution is -0.111. The summed E-state index contributed by atoms with van der Waals surface area (Å²) < 4.78 is 40.1. The minimum atomic E-state index is -0.712. The number of anilines is 3.